The molecule has 0 aliphatic carbocycles. The predicted molar refractivity (Wildman–Crippen MR) is 54.5 cm³/mol. The Morgan fingerprint density at radius 2 is 1.85 bits per heavy atom. The molecular weight excluding hydrogens is 186 g/mol. The van der Waals surface area contributed by atoms with Crippen LogP contribution in [0.5, 0.6) is 0 Å². The molecule has 0 saturated heterocycles. The van der Waals surface area contributed by atoms with E-state index in [9.17, 15) is 4.79 Å². The Hall–Kier alpha value is -0.510. The summed E-state index contributed by atoms with van der Waals surface area (Å²) in [6.45, 7) is 2.64. The van der Waals surface area contributed by atoms with E-state index in [0.717, 1.165) is 12.8 Å². The first-order chi connectivity index (χ1) is 6.31. The zero-order valence-electron chi connectivity index (χ0n) is 8.12. The molecule has 76 valence electrons. The van der Waals surface area contributed by atoms with E-state index in [2.05, 4.69) is 28.4 Å². The first-order valence-corrected chi connectivity index (χ1v) is 5.18. The average molecular weight is 203 g/mol. The maximum Gasteiger partial charge on any atom is 0.445 e. The normalized spacial score (nSPS) is 9.62. The highest BCUT2D eigenvalue weighted by atomic mass is 32.1. The molecule has 0 atom stereocenters. The van der Waals surface area contributed by atoms with Gasteiger partial charge in [0, 0.05) is 12.4 Å². The van der Waals surface area contributed by atoms with Gasteiger partial charge < -0.3 is 4.74 Å². The Bertz CT molecular complexity index is 151. The third kappa shape index (κ3) is 9.40. The number of nitrogens with zero attached hydrogens (tertiary/aromatic N) is 1. The highest BCUT2D eigenvalue weighted by Gasteiger charge is 1.96. The number of carbonyl (C=O) groups is 1. The van der Waals surface area contributed by atoms with Gasteiger partial charge in [0.25, 0.3) is 0 Å². The number of unbranched alkanes of at least 4 members (excludes halogenated alkanes) is 5. The number of hydrogen-bond donors (Lipinski definition) is 0. The SMILES string of the molecule is CCCCCCCCOC(=O)N=S. The molecule has 13 heavy (non-hydrogen) atoms. The minimum atomic E-state index is -0.636. The van der Waals surface area contributed by atoms with E-state index < -0.39 is 6.09 Å². The molecule has 0 radical (unpaired) electrons. The number of carbonyl (C=O) groups excluding carboxylic acids is 1. The van der Waals surface area contributed by atoms with E-state index in [1.807, 2.05) is 0 Å². The Kier molecular flexibility index (Phi) is 9.20. The van der Waals surface area contributed by atoms with Gasteiger partial charge in [0.2, 0.25) is 0 Å². The molecule has 0 N–H and O–H groups in total. The summed E-state index contributed by atoms with van der Waals surface area (Å²) in [7, 11) is 0. The van der Waals surface area contributed by atoms with E-state index in [4.69, 9.17) is 0 Å². The Balaban J connectivity index is 2.99. The van der Waals surface area contributed by atoms with Gasteiger partial charge in [0.15, 0.2) is 0 Å². The number of rotatable bonds is 7. The van der Waals surface area contributed by atoms with Crippen molar-refractivity contribution in [2.45, 2.75) is 45.4 Å². The van der Waals surface area contributed by atoms with Crippen LogP contribution in [-0.2, 0) is 17.2 Å². The van der Waals surface area contributed by atoms with Crippen molar-refractivity contribution < 1.29 is 9.53 Å². The molecule has 1 amide bonds. The molecule has 3 nitrogen and oxygen atoms in total. The minimum Gasteiger partial charge on any atom is -0.447 e. The van der Waals surface area contributed by atoms with Gasteiger partial charge in [-0.25, -0.2) is 4.79 Å². The standard InChI is InChI=1S/C9H17NO2S/c1-2-3-4-5-6-7-8-12-9(11)10-13/h2-8H2,1H3. The summed E-state index contributed by atoms with van der Waals surface area (Å²) < 4.78 is 7.65. The molecule has 0 aromatic rings. The largest absolute Gasteiger partial charge is 0.447 e. The summed E-state index contributed by atoms with van der Waals surface area (Å²) >= 11 is 4.16. The molecule has 0 aliphatic rings. The summed E-state index contributed by atoms with van der Waals surface area (Å²) in [5.41, 5.74) is 0. The lowest BCUT2D eigenvalue weighted by Gasteiger charge is -2.00. The summed E-state index contributed by atoms with van der Waals surface area (Å²) in [4.78, 5) is 10.5. The monoisotopic (exact) mass is 203 g/mol. The molecule has 0 rings (SSSR count). The summed E-state index contributed by atoms with van der Waals surface area (Å²) in [6, 6.07) is 0. The second-order valence-electron chi connectivity index (χ2n) is 2.97. The molecule has 0 bridgehead atoms. The van der Waals surface area contributed by atoms with Gasteiger partial charge in [-0.2, -0.15) is 0 Å². The third-order valence-electron chi connectivity index (χ3n) is 1.80. The number of ether oxygens (including phenoxy) is 1. The Morgan fingerprint density at radius 1 is 1.23 bits per heavy atom. The van der Waals surface area contributed by atoms with Crippen molar-refractivity contribution in [2.24, 2.45) is 4.36 Å². The quantitative estimate of drug-likeness (QED) is 0.596. The molecule has 0 aliphatic heterocycles. The van der Waals surface area contributed by atoms with Crippen molar-refractivity contribution in [3.63, 3.8) is 0 Å². The summed E-state index contributed by atoms with van der Waals surface area (Å²) in [6.07, 6.45) is 6.44. The Morgan fingerprint density at radius 3 is 2.46 bits per heavy atom. The minimum absolute atomic E-state index is 0.450. The maximum absolute atomic E-state index is 10.5. The van der Waals surface area contributed by atoms with E-state index in [1.54, 1.807) is 0 Å². The zero-order valence-corrected chi connectivity index (χ0v) is 8.94. The van der Waals surface area contributed by atoms with Crippen LogP contribution in [0.2, 0.25) is 0 Å². The predicted octanol–water partition coefficient (Wildman–Crippen LogP) is 3.21. The lowest BCUT2D eigenvalue weighted by molar-refractivity contribution is 0.155. The van der Waals surface area contributed by atoms with Gasteiger partial charge in [0.05, 0.1) is 6.61 Å². The van der Waals surface area contributed by atoms with Gasteiger partial charge in [0.1, 0.15) is 0 Å². The van der Waals surface area contributed by atoms with Crippen LogP contribution in [-0.4, -0.2) is 12.7 Å². The first kappa shape index (κ1) is 12.5. The van der Waals surface area contributed by atoms with Crippen molar-refractivity contribution in [1.82, 2.24) is 0 Å². The fraction of sp³-hybridized carbons (Fsp3) is 0.889. The lowest BCUT2D eigenvalue weighted by atomic mass is 10.1. The maximum atomic E-state index is 10.5. The van der Waals surface area contributed by atoms with Gasteiger partial charge in [-0.05, 0) is 6.42 Å². The van der Waals surface area contributed by atoms with Crippen LogP contribution in [0.25, 0.3) is 0 Å². The Labute approximate surface area is 85.0 Å². The number of amides is 1. The van der Waals surface area contributed by atoms with Crippen molar-refractivity contribution in [2.75, 3.05) is 6.61 Å². The first-order valence-electron chi connectivity index (χ1n) is 4.81. The second kappa shape index (κ2) is 9.58. The van der Waals surface area contributed by atoms with Crippen molar-refractivity contribution in [1.29, 1.82) is 0 Å². The second-order valence-corrected chi connectivity index (χ2v) is 3.16. The van der Waals surface area contributed by atoms with Crippen LogP contribution in [0.4, 0.5) is 4.79 Å². The smallest absolute Gasteiger partial charge is 0.445 e. The molecule has 0 unspecified atom stereocenters. The van der Waals surface area contributed by atoms with Gasteiger partial charge in [-0.1, -0.05) is 39.0 Å². The fourth-order valence-corrected chi connectivity index (χ4v) is 1.12. The van der Waals surface area contributed by atoms with Gasteiger partial charge in [-0.3, -0.25) is 0 Å². The molecule has 0 aromatic carbocycles. The molecule has 0 saturated carbocycles. The van der Waals surface area contributed by atoms with Crippen LogP contribution in [0.15, 0.2) is 4.36 Å². The average Bonchev–Trinajstić information content (AvgIpc) is 2.16. The molecular formula is C9H17NO2S. The third-order valence-corrected chi connectivity index (χ3v) is 1.95. The van der Waals surface area contributed by atoms with Crippen molar-refractivity contribution in [3.8, 4) is 0 Å². The highest BCUT2D eigenvalue weighted by molar-refractivity contribution is 7.47. The summed E-state index contributed by atoms with van der Waals surface area (Å²) in [5.74, 6) is 0. The van der Waals surface area contributed by atoms with E-state index in [1.165, 1.54) is 25.7 Å². The van der Waals surface area contributed by atoms with Crippen LogP contribution >= 0.6 is 0 Å². The van der Waals surface area contributed by atoms with E-state index in [-0.39, 0.29) is 0 Å². The lowest BCUT2D eigenvalue weighted by Crippen LogP contribution is -1.99. The molecule has 4 heteroatoms. The van der Waals surface area contributed by atoms with Crippen LogP contribution in [0, 0.1) is 0 Å². The fourth-order valence-electron chi connectivity index (χ4n) is 1.07. The highest BCUT2D eigenvalue weighted by Crippen LogP contribution is 2.04. The molecule has 0 aromatic heterocycles. The van der Waals surface area contributed by atoms with Gasteiger partial charge >= 0.3 is 6.09 Å². The van der Waals surface area contributed by atoms with Crippen LogP contribution in [0.1, 0.15) is 45.4 Å². The van der Waals surface area contributed by atoms with Gasteiger partial charge in [-0.15, -0.1) is 4.36 Å². The molecule has 0 heterocycles. The van der Waals surface area contributed by atoms with Crippen molar-refractivity contribution in [3.05, 3.63) is 0 Å². The van der Waals surface area contributed by atoms with Crippen molar-refractivity contribution >= 4 is 18.5 Å². The topological polar surface area (TPSA) is 38.7 Å². The van der Waals surface area contributed by atoms with Crippen LogP contribution < -0.4 is 0 Å². The molecule has 0 spiro atoms. The molecule has 0 fully saturated rings. The van der Waals surface area contributed by atoms with E-state index in [0.29, 0.717) is 6.61 Å². The van der Waals surface area contributed by atoms with E-state index >= 15 is 0 Å². The number of hydrogen-bond acceptors (Lipinski definition) is 3. The summed E-state index contributed by atoms with van der Waals surface area (Å²) in [5, 5.41) is 0. The zero-order chi connectivity index (χ0) is 9.94. The van der Waals surface area contributed by atoms with Crippen LogP contribution in [0.3, 0.4) is 0 Å².